The molecule has 3 fully saturated rings. The van der Waals surface area contributed by atoms with Gasteiger partial charge in [0, 0.05) is 17.7 Å². The normalized spacial score (nSPS) is 29.7. The number of allylic oxidation sites excluding steroid dienone is 1. The SMILES string of the molecule is CCCC1(S(=O)(=O)NC(=O)[C@@]23C[C@H]2/C=C\CC[C@@H](C)C[C@@H](C)[C@H](NC(=O)OC(C)(C)C)C(=O)N2C[C@H](Oc4cnc5ccc(OC)cc5c4)C[C@H]2C(=O)N3)CC1. The third-order valence-corrected chi connectivity index (χ3v) is 13.8. The van der Waals surface area contributed by atoms with Crippen LogP contribution in [0.15, 0.2) is 42.6 Å². The van der Waals surface area contributed by atoms with E-state index in [1.165, 1.54) is 4.90 Å². The molecular weight excluding hydrogens is 739 g/mol. The Kier molecular flexibility index (Phi) is 11.7. The monoisotopic (exact) mass is 795 g/mol. The smallest absolute Gasteiger partial charge is 0.408 e. The molecular formula is C41H57N5O9S. The maximum Gasteiger partial charge on any atom is 0.408 e. The van der Waals surface area contributed by atoms with Gasteiger partial charge in [0.05, 0.1) is 30.1 Å². The molecule has 6 rings (SSSR count). The summed E-state index contributed by atoms with van der Waals surface area (Å²) in [7, 11) is -2.44. The van der Waals surface area contributed by atoms with E-state index in [9.17, 15) is 27.6 Å². The van der Waals surface area contributed by atoms with Crippen LogP contribution in [-0.2, 0) is 29.1 Å². The minimum Gasteiger partial charge on any atom is -0.497 e. The van der Waals surface area contributed by atoms with Crippen LogP contribution < -0.4 is 24.8 Å². The second-order valence-electron chi connectivity index (χ2n) is 17.3. The number of sulfonamides is 1. The van der Waals surface area contributed by atoms with Crippen molar-refractivity contribution < 1.29 is 41.8 Å². The average molecular weight is 796 g/mol. The van der Waals surface area contributed by atoms with E-state index >= 15 is 0 Å². The Bertz CT molecular complexity index is 1980. The first-order valence-electron chi connectivity index (χ1n) is 19.8. The summed E-state index contributed by atoms with van der Waals surface area (Å²) in [6, 6.07) is 5.13. The molecule has 1 aromatic carbocycles. The van der Waals surface area contributed by atoms with Crippen molar-refractivity contribution in [2.45, 2.75) is 133 Å². The highest BCUT2D eigenvalue weighted by Gasteiger charge is 2.63. The van der Waals surface area contributed by atoms with E-state index in [-0.39, 0.29) is 31.2 Å². The number of pyridine rings is 1. The number of methoxy groups -OCH3 is 1. The Morgan fingerprint density at radius 2 is 1.82 bits per heavy atom. The summed E-state index contributed by atoms with van der Waals surface area (Å²) in [6.07, 6.45) is 8.38. The molecule has 4 amide bonds. The molecule has 0 bridgehead atoms. The molecule has 15 heteroatoms. The van der Waals surface area contributed by atoms with Crippen LogP contribution in [-0.4, -0.2) is 89.8 Å². The van der Waals surface area contributed by atoms with Crippen molar-refractivity contribution in [3.8, 4) is 11.5 Å². The van der Waals surface area contributed by atoms with Crippen molar-refractivity contribution in [3.05, 3.63) is 42.6 Å². The number of nitrogens with zero attached hydrogens (tertiary/aromatic N) is 2. The fraction of sp³-hybridized carbons (Fsp3) is 0.634. The zero-order valence-electron chi connectivity index (χ0n) is 33.6. The number of alkyl carbamates (subject to hydrolysis) is 1. The first-order chi connectivity index (χ1) is 26.4. The molecule has 4 aliphatic rings. The quantitative estimate of drug-likeness (QED) is 0.287. The summed E-state index contributed by atoms with van der Waals surface area (Å²) in [4.78, 5) is 62.5. The van der Waals surface area contributed by atoms with Gasteiger partial charge in [0.2, 0.25) is 21.8 Å². The van der Waals surface area contributed by atoms with Crippen molar-refractivity contribution in [2.75, 3.05) is 13.7 Å². The molecule has 2 aliphatic heterocycles. The Morgan fingerprint density at radius 3 is 2.50 bits per heavy atom. The van der Waals surface area contributed by atoms with Gasteiger partial charge in [-0.3, -0.25) is 24.1 Å². The zero-order chi connectivity index (χ0) is 40.6. The predicted octanol–water partition coefficient (Wildman–Crippen LogP) is 5.15. The first kappa shape index (κ1) is 41.2. The number of hydrogen-bond donors (Lipinski definition) is 3. The highest BCUT2D eigenvalue weighted by Crippen LogP contribution is 2.49. The zero-order valence-corrected chi connectivity index (χ0v) is 34.4. The van der Waals surface area contributed by atoms with Gasteiger partial charge in [0.15, 0.2) is 0 Å². The summed E-state index contributed by atoms with van der Waals surface area (Å²) in [5, 5.41) is 6.52. The molecule has 0 spiro atoms. The lowest BCUT2D eigenvalue weighted by Crippen LogP contribution is -2.59. The molecule has 2 aromatic rings. The maximum atomic E-state index is 14.8. The summed E-state index contributed by atoms with van der Waals surface area (Å²) >= 11 is 0. The average Bonchev–Trinajstić information content (AvgIpc) is 4.02. The van der Waals surface area contributed by atoms with Crippen LogP contribution in [0.2, 0.25) is 0 Å². The van der Waals surface area contributed by atoms with Gasteiger partial charge in [0.1, 0.15) is 40.8 Å². The van der Waals surface area contributed by atoms with Gasteiger partial charge in [-0.1, -0.05) is 39.3 Å². The van der Waals surface area contributed by atoms with Crippen molar-refractivity contribution in [2.24, 2.45) is 17.8 Å². The third-order valence-electron chi connectivity index (χ3n) is 11.6. The molecule has 1 aromatic heterocycles. The van der Waals surface area contributed by atoms with Crippen molar-refractivity contribution in [1.29, 1.82) is 0 Å². The number of carbonyl (C=O) groups is 4. The number of fused-ring (bicyclic) bond motifs is 3. The second kappa shape index (κ2) is 15.9. The number of hydrogen-bond acceptors (Lipinski definition) is 10. The molecule has 3 N–H and O–H groups in total. The summed E-state index contributed by atoms with van der Waals surface area (Å²) in [6.45, 7) is 11.1. The van der Waals surface area contributed by atoms with Crippen molar-refractivity contribution >= 4 is 44.7 Å². The fourth-order valence-corrected chi connectivity index (χ4v) is 10.0. The number of carbonyl (C=O) groups excluding carboxylic acids is 4. The second-order valence-corrected chi connectivity index (χ2v) is 19.4. The number of rotatable bonds is 9. The maximum absolute atomic E-state index is 14.8. The Labute approximate surface area is 329 Å². The van der Waals surface area contributed by atoms with Gasteiger partial charge < -0.3 is 29.7 Å². The molecule has 14 nitrogen and oxygen atoms in total. The standard InChI is InChI=1S/C41H57N5O9S/c1-8-15-40(16-17-40)56(51,52)45-37(49)41-22-28(41)12-10-9-11-25(2)18-26(3)34(43-38(50)55-39(4,5)6)36(48)46-24-31(21-33(46)35(47)44-41)54-30-20-27-19-29(53-7)13-14-32(27)42-23-30/h10,12-14,19-20,23,25-26,28,31,33-34H,8-9,11,15-18,21-22,24H2,1-7H3,(H,43,50)(H,44,47)(H,45,49)/b12-10-/t25-,26-,28-,31-,33+,34+,41-/m1/s1. The first-order valence-corrected chi connectivity index (χ1v) is 21.3. The summed E-state index contributed by atoms with van der Waals surface area (Å²) in [5.41, 5.74) is -1.61. The van der Waals surface area contributed by atoms with Crippen LogP contribution >= 0.6 is 0 Å². The van der Waals surface area contributed by atoms with Crippen LogP contribution in [0.4, 0.5) is 4.79 Å². The van der Waals surface area contributed by atoms with Crippen LogP contribution in [0.3, 0.4) is 0 Å². The lowest BCUT2D eigenvalue weighted by Gasteiger charge is -2.33. The molecule has 2 saturated carbocycles. The van der Waals surface area contributed by atoms with Crippen molar-refractivity contribution in [1.82, 2.24) is 25.2 Å². The van der Waals surface area contributed by atoms with E-state index in [2.05, 4.69) is 27.3 Å². The number of ether oxygens (including phenoxy) is 3. The van der Waals surface area contributed by atoms with Crippen LogP contribution in [0.25, 0.3) is 10.9 Å². The third kappa shape index (κ3) is 8.92. The van der Waals surface area contributed by atoms with E-state index in [1.807, 2.05) is 50.3 Å². The molecule has 56 heavy (non-hydrogen) atoms. The molecule has 306 valence electrons. The highest BCUT2D eigenvalue weighted by atomic mass is 32.2. The molecule has 0 radical (unpaired) electrons. The van der Waals surface area contributed by atoms with E-state index in [1.54, 1.807) is 34.1 Å². The minimum atomic E-state index is -4.01. The highest BCUT2D eigenvalue weighted by molar-refractivity contribution is 7.91. The van der Waals surface area contributed by atoms with Gasteiger partial charge >= 0.3 is 6.09 Å². The fourth-order valence-electron chi connectivity index (χ4n) is 8.29. The van der Waals surface area contributed by atoms with Crippen LogP contribution in [0, 0.1) is 17.8 Å². The minimum absolute atomic E-state index is 0.00170. The lowest BCUT2D eigenvalue weighted by molar-refractivity contribution is -0.142. The van der Waals surface area contributed by atoms with E-state index in [0.29, 0.717) is 50.0 Å². The summed E-state index contributed by atoms with van der Waals surface area (Å²) in [5.74, 6) is -1.43. The molecule has 0 unspecified atom stereocenters. The van der Waals surface area contributed by atoms with Gasteiger partial charge in [-0.25, -0.2) is 13.2 Å². The molecule has 3 heterocycles. The van der Waals surface area contributed by atoms with Gasteiger partial charge in [-0.05, 0) is 102 Å². The summed E-state index contributed by atoms with van der Waals surface area (Å²) < 4.78 is 45.8. The van der Waals surface area contributed by atoms with Gasteiger partial charge in [-0.2, -0.15) is 0 Å². The number of amides is 4. The number of benzene rings is 1. The van der Waals surface area contributed by atoms with Gasteiger partial charge in [-0.15, -0.1) is 0 Å². The van der Waals surface area contributed by atoms with Crippen molar-refractivity contribution in [3.63, 3.8) is 0 Å². The molecule has 7 atom stereocenters. The predicted molar refractivity (Wildman–Crippen MR) is 210 cm³/mol. The largest absolute Gasteiger partial charge is 0.497 e. The van der Waals surface area contributed by atoms with E-state index < -0.39 is 73.8 Å². The topological polar surface area (TPSA) is 182 Å². The van der Waals surface area contributed by atoms with Crippen LogP contribution in [0.1, 0.15) is 99.3 Å². The van der Waals surface area contributed by atoms with E-state index in [4.69, 9.17) is 14.2 Å². The Hall–Kier alpha value is -4.40. The lowest BCUT2D eigenvalue weighted by atomic mass is 9.88. The molecule has 1 saturated heterocycles. The molecule has 2 aliphatic carbocycles. The van der Waals surface area contributed by atoms with E-state index in [0.717, 1.165) is 17.3 Å². The number of nitrogens with one attached hydrogen (secondary N) is 3. The Morgan fingerprint density at radius 1 is 1.09 bits per heavy atom. The Balaban J connectivity index is 1.33. The van der Waals surface area contributed by atoms with Gasteiger partial charge in [0.25, 0.3) is 5.91 Å². The van der Waals surface area contributed by atoms with Crippen LogP contribution in [0.5, 0.6) is 11.5 Å². The number of aromatic nitrogens is 1.